The predicted octanol–water partition coefficient (Wildman–Crippen LogP) is 4.48. The normalized spacial score (nSPS) is 16.3. The maximum atomic E-state index is 12.3. The van der Waals surface area contributed by atoms with Gasteiger partial charge in [0.1, 0.15) is 11.3 Å². The highest BCUT2D eigenvalue weighted by Crippen LogP contribution is 2.44. The molecule has 0 N–H and O–H groups in total. The molecular formula is C15H16Cl2N2O3. The zero-order valence-corrected chi connectivity index (χ0v) is 13.9. The summed E-state index contributed by atoms with van der Waals surface area (Å²) >= 11 is 12.3. The molecule has 0 atom stereocenters. The van der Waals surface area contributed by atoms with Crippen LogP contribution in [0, 0.1) is 0 Å². The van der Waals surface area contributed by atoms with E-state index in [1.807, 2.05) is 0 Å². The molecule has 5 nitrogen and oxygen atoms in total. The molecule has 0 radical (unpaired) electrons. The van der Waals surface area contributed by atoms with Crippen LogP contribution in [0.15, 0.2) is 25.8 Å². The third-order valence-electron chi connectivity index (χ3n) is 3.17. The van der Waals surface area contributed by atoms with Crippen molar-refractivity contribution in [2.45, 2.75) is 32.6 Å². The first-order valence-electron chi connectivity index (χ1n) is 6.86. The van der Waals surface area contributed by atoms with Gasteiger partial charge in [0.05, 0.1) is 11.6 Å². The van der Waals surface area contributed by atoms with Crippen molar-refractivity contribution in [3.8, 4) is 0 Å². The Morgan fingerprint density at radius 3 is 2.73 bits per heavy atom. The number of ether oxygens (including phenoxy) is 1. The van der Waals surface area contributed by atoms with E-state index in [1.165, 1.54) is 6.20 Å². The number of nitrogens with zero attached hydrogens (tertiary/aromatic N) is 2. The van der Waals surface area contributed by atoms with Gasteiger partial charge in [-0.25, -0.2) is 4.79 Å². The summed E-state index contributed by atoms with van der Waals surface area (Å²) in [6.07, 6.45) is 3.25. The fraction of sp³-hybridized carbons (Fsp3) is 0.400. The molecule has 1 heterocycles. The van der Waals surface area contributed by atoms with E-state index in [-0.39, 0.29) is 28.8 Å². The second-order valence-corrected chi connectivity index (χ2v) is 5.81. The van der Waals surface area contributed by atoms with E-state index in [9.17, 15) is 4.79 Å². The number of rotatable bonds is 6. The zero-order chi connectivity index (χ0) is 16.3. The van der Waals surface area contributed by atoms with Crippen LogP contribution in [-0.4, -0.2) is 24.5 Å². The van der Waals surface area contributed by atoms with Crippen molar-refractivity contribution in [1.29, 1.82) is 0 Å². The number of carbonyl (C=O) groups is 1. The average Bonchev–Trinajstić information content (AvgIpc) is 3.20. The number of carbonyl (C=O) groups excluding carboxylic acids is 1. The maximum Gasteiger partial charge on any atom is 0.344 e. The molecule has 1 aromatic rings. The van der Waals surface area contributed by atoms with E-state index in [1.54, 1.807) is 13.8 Å². The minimum atomic E-state index is -0.493. The molecule has 1 saturated carbocycles. The Hall–Kier alpha value is -1.59. The number of hydrogen-bond acceptors (Lipinski definition) is 5. The van der Waals surface area contributed by atoms with Crippen molar-refractivity contribution in [3.63, 3.8) is 0 Å². The van der Waals surface area contributed by atoms with E-state index in [2.05, 4.69) is 16.9 Å². The first-order chi connectivity index (χ1) is 10.5. The van der Waals surface area contributed by atoms with Crippen molar-refractivity contribution in [3.05, 3.63) is 33.3 Å². The summed E-state index contributed by atoms with van der Waals surface area (Å²) in [6.45, 7) is 6.99. The van der Waals surface area contributed by atoms with Gasteiger partial charge in [0.15, 0.2) is 5.76 Å². The topological polar surface area (TPSA) is 64.7 Å². The van der Waals surface area contributed by atoms with Crippen LogP contribution >= 0.6 is 23.2 Å². The van der Waals surface area contributed by atoms with E-state index >= 15 is 0 Å². The van der Waals surface area contributed by atoms with Gasteiger partial charge in [0.25, 0.3) is 0 Å². The summed E-state index contributed by atoms with van der Waals surface area (Å²) in [6, 6.07) is 0. The lowest BCUT2D eigenvalue weighted by molar-refractivity contribution is 0.0523. The van der Waals surface area contributed by atoms with Gasteiger partial charge in [-0.05, 0) is 33.4 Å². The van der Waals surface area contributed by atoms with Crippen molar-refractivity contribution in [2.24, 2.45) is 4.99 Å². The van der Waals surface area contributed by atoms with Crippen LogP contribution in [0.5, 0.6) is 0 Å². The third-order valence-corrected chi connectivity index (χ3v) is 3.65. The molecule has 7 heteroatoms. The molecule has 0 bridgehead atoms. The Balaban J connectivity index is 2.58. The molecule has 1 aromatic heterocycles. The summed E-state index contributed by atoms with van der Waals surface area (Å²) in [7, 11) is 0. The summed E-state index contributed by atoms with van der Waals surface area (Å²) in [4.78, 5) is 15.9. The van der Waals surface area contributed by atoms with E-state index in [4.69, 9.17) is 32.5 Å². The summed E-state index contributed by atoms with van der Waals surface area (Å²) in [5.74, 6) is 0.227. The molecule has 0 unspecified atom stereocenters. The van der Waals surface area contributed by atoms with E-state index in [0.29, 0.717) is 16.4 Å². The largest absolute Gasteiger partial charge is 0.462 e. The summed E-state index contributed by atoms with van der Waals surface area (Å²) < 4.78 is 10.5. The molecule has 0 amide bonds. The van der Waals surface area contributed by atoms with Gasteiger partial charge in [0, 0.05) is 22.7 Å². The van der Waals surface area contributed by atoms with Crippen LogP contribution in [-0.2, 0) is 4.74 Å². The smallest absolute Gasteiger partial charge is 0.344 e. The van der Waals surface area contributed by atoms with Gasteiger partial charge in [0.2, 0.25) is 0 Å². The highest BCUT2D eigenvalue weighted by Gasteiger charge is 2.37. The molecule has 118 valence electrons. The van der Waals surface area contributed by atoms with Crippen molar-refractivity contribution >= 4 is 41.5 Å². The van der Waals surface area contributed by atoms with Crippen molar-refractivity contribution in [1.82, 2.24) is 5.16 Å². The minimum Gasteiger partial charge on any atom is -0.462 e. The van der Waals surface area contributed by atoms with Gasteiger partial charge >= 0.3 is 5.97 Å². The van der Waals surface area contributed by atoms with Crippen molar-refractivity contribution in [2.75, 3.05) is 6.61 Å². The molecule has 1 aliphatic carbocycles. The molecule has 0 aromatic carbocycles. The minimum absolute atomic E-state index is 0.192. The average molecular weight is 343 g/mol. The second-order valence-electron chi connectivity index (χ2n) is 4.83. The molecule has 1 fully saturated rings. The van der Waals surface area contributed by atoms with Crippen LogP contribution in [0.1, 0.15) is 54.4 Å². The first kappa shape index (κ1) is 16.8. The first-order valence-corrected chi connectivity index (χ1v) is 7.62. The van der Waals surface area contributed by atoms with E-state index < -0.39 is 5.97 Å². The second kappa shape index (κ2) is 7.11. The molecule has 0 saturated heterocycles. The lowest BCUT2D eigenvalue weighted by Crippen LogP contribution is -2.09. The molecular weight excluding hydrogens is 327 g/mol. The zero-order valence-electron chi connectivity index (χ0n) is 12.4. The Morgan fingerprint density at radius 2 is 2.23 bits per heavy atom. The number of aliphatic imine (C=N–C) groups is 1. The SMILES string of the molecule is C=N/C=C(Cl)\C(=C(/C)Cl)c1noc(C2CC2)c1C(=O)OCC. The van der Waals surface area contributed by atoms with Crippen LogP contribution in [0.4, 0.5) is 0 Å². The van der Waals surface area contributed by atoms with Crippen molar-refractivity contribution < 1.29 is 14.1 Å². The van der Waals surface area contributed by atoms with Gasteiger partial charge in [-0.1, -0.05) is 28.4 Å². The molecule has 1 aliphatic rings. The summed E-state index contributed by atoms with van der Waals surface area (Å²) in [5, 5.41) is 4.59. The van der Waals surface area contributed by atoms with Gasteiger partial charge in [-0.3, -0.25) is 4.99 Å². The molecule has 0 spiro atoms. The van der Waals surface area contributed by atoms with Crippen LogP contribution in [0.2, 0.25) is 0 Å². The monoisotopic (exact) mass is 342 g/mol. The highest BCUT2D eigenvalue weighted by atomic mass is 35.5. The van der Waals surface area contributed by atoms with E-state index in [0.717, 1.165) is 12.8 Å². The predicted molar refractivity (Wildman–Crippen MR) is 86.4 cm³/mol. The quantitative estimate of drug-likeness (QED) is 0.434. The highest BCUT2D eigenvalue weighted by molar-refractivity contribution is 6.42. The number of halogens is 2. The number of hydrogen-bond donors (Lipinski definition) is 0. The van der Waals surface area contributed by atoms with Crippen LogP contribution in [0.25, 0.3) is 5.57 Å². The number of aromatic nitrogens is 1. The number of allylic oxidation sites excluding steroid dienone is 3. The standard InChI is InChI=1S/C15H16Cl2N2O3/c1-4-21-15(20)12-13(19-22-14(12)9-5-6-9)11(8(2)16)10(17)7-18-3/h7,9H,3-6H2,1-2H3/b10-7+,11-8-. The Labute approximate surface area is 138 Å². The number of esters is 1. The Morgan fingerprint density at radius 1 is 1.55 bits per heavy atom. The molecule has 0 aliphatic heterocycles. The third kappa shape index (κ3) is 3.42. The van der Waals surface area contributed by atoms with Crippen LogP contribution < -0.4 is 0 Å². The Kier molecular flexibility index (Phi) is 5.42. The fourth-order valence-electron chi connectivity index (χ4n) is 2.08. The molecule has 2 rings (SSSR count). The lowest BCUT2D eigenvalue weighted by atomic mass is 10.0. The fourth-order valence-corrected chi connectivity index (χ4v) is 2.62. The molecule has 22 heavy (non-hydrogen) atoms. The van der Waals surface area contributed by atoms with Crippen LogP contribution in [0.3, 0.4) is 0 Å². The van der Waals surface area contributed by atoms with Gasteiger partial charge in [-0.15, -0.1) is 0 Å². The summed E-state index contributed by atoms with van der Waals surface area (Å²) in [5.41, 5.74) is 0.946. The van der Waals surface area contributed by atoms with Gasteiger partial charge < -0.3 is 9.26 Å². The van der Waals surface area contributed by atoms with Gasteiger partial charge in [-0.2, -0.15) is 0 Å². The lowest BCUT2D eigenvalue weighted by Gasteiger charge is -2.07. The maximum absolute atomic E-state index is 12.3. The Bertz CT molecular complexity index is 654.